The van der Waals surface area contributed by atoms with Gasteiger partial charge in [-0.2, -0.15) is 0 Å². The van der Waals surface area contributed by atoms with Crippen molar-refractivity contribution in [2.45, 2.75) is 25.7 Å². The summed E-state index contributed by atoms with van der Waals surface area (Å²) in [6, 6.07) is 14.7. The van der Waals surface area contributed by atoms with E-state index in [1.807, 2.05) is 18.3 Å². The van der Waals surface area contributed by atoms with Crippen LogP contribution in [0.5, 0.6) is 5.75 Å². The van der Waals surface area contributed by atoms with Gasteiger partial charge < -0.3 is 14.5 Å². The average Bonchev–Trinajstić information content (AvgIpc) is 3.27. The first kappa shape index (κ1) is 20.7. The molecule has 5 rings (SSSR count). The molecule has 0 N–H and O–H groups in total. The van der Waals surface area contributed by atoms with Crippen LogP contribution >= 0.6 is 0 Å². The fourth-order valence-corrected chi connectivity index (χ4v) is 4.33. The predicted molar refractivity (Wildman–Crippen MR) is 128 cm³/mol. The van der Waals surface area contributed by atoms with E-state index in [2.05, 4.69) is 73.8 Å². The molecule has 1 aliphatic rings. The van der Waals surface area contributed by atoms with Crippen molar-refractivity contribution in [2.24, 2.45) is 0 Å². The molecular weight excluding hydrogens is 400 g/mol. The maximum absolute atomic E-state index is 5.88. The Hall–Kier alpha value is -3.19. The molecule has 2 aromatic heterocycles. The quantitative estimate of drug-likeness (QED) is 0.408. The number of benzene rings is 2. The van der Waals surface area contributed by atoms with Crippen LogP contribution in [0.4, 0.5) is 5.95 Å². The van der Waals surface area contributed by atoms with Crippen LogP contribution in [0.2, 0.25) is 0 Å². The summed E-state index contributed by atoms with van der Waals surface area (Å²) < 4.78 is 8.04. The summed E-state index contributed by atoms with van der Waals surface area (Å²) in [4.78, 5) is 9.12. The van der Waals surface area contributed by atoms with Crippen molar-refractivity contribution >= 4 is 22.6 Å². The molecule has 1 saturated heterocycles. The maximum atomic E-state index is 5.88. The van der Waals surface area contributed by atoms with Gasteiger partial charge in [-0.15, -0.1) is 10.2 Å². The first-order valence-electron chi connectivity index (χ1n) is 11.5. The lowest BCUT2D eigenvalue weighted by Gasteiger charge is -2.26. The number of piperidine rings is 1. The molecule has 1 fully saturated rings. The minimum atomic E-state index is 0.726. The molecule has 0 unspecified atom stereocenters. The Labute approximate surface area is 188 Å². The van der Waals surface area contributed by atoms with Crippen molar-refractivity contribution in [3.63, 3.8) is 0 Å². The van der Waals surface area contributed by atoms with Crippen LogP contribution in [0, 0.1) is 0 Å². The predicted octanol–water partition coefficient (Wildman–Crippen LogP) is 4.27. The van der Waals surface area contributed by atoms with Crippen molar-refractivity contribution in [3.8, 4) is 16.9 Å². The molecule has 1 aliphatic heterocycles. The fourth-order valence-electron chi connectivity index (χ4n) is 4.33. The Morgan fingerprint density at radius 2 is 1.72 bits per heavy atom. The van der Waals surface area contributed by atoms with Crippen LogP contribution in [-0.4, -0.2) is 64.8 Å². The van der Waals surface area contributed by atoms with E-state index in [1.165, 1.54) is 19.3 Å². The second-order valence-electron chi connectivity index (χ2n) is 8.73. The van der Waals surface area contributed by atoms with Crippen LogP contribution < -0.4 is 9.64 Å². The Kier molecular flexibility index (Phi) is 5.90. The summed E-state index contributed by atoms with van der Waals surface area (Å²) in [5.41, 5.74) is 5.06. The summed E-state index contributed by atoms with van der Waals surface area (Å²) in [6.07, 6.45) is 6.51. The number of nitrogens with zero attached hydrogens (tertiary/aromatic N) is 6. The van der Waals surface area contributed by atoms with E-state index in [4.69, 9.17) is 4.74 Å². The van der Waals surface area contributed by atoms with Gasteiger partial charge in [-0.25, -0.2) is 0 Å². The number of hydrogen-bond donors (Lipinski definition) is 0. The van der Waals surface area contributed by atoms with Gasteiger partial charge in [-0.3, -0.25) is 9.38 Å². The molecule has 2 aromatic carbocycles. The maximum Gasteiger partial charge on any atom is 0.232 e. The van der Waals surface area contributed by atoms with Crippen molar-refractivity contribution in [3.05, 3.63) is 48.7 Å². The van der Waals surface area contributed by atoms with Crippen LogP contribution in [0.1, 0.15) is 25.7 Å². The highest BCUT2D eigenvalue weighted by Gasteiger charge is 2.18. The molecule has 7 nitrogen and oxygen atoms in total. The summed E-state index contributed by atoms with van der Waals surface area (Å²) in [6.45, 7) is 3.81. The van der Waals surface area contributed by atoms with Gasteiger partial charge in [-0.1, -0.05) is 18.2 Å². The highest BCUT2D eigenvalue weighted by atomic mass is 16.5. The highest BCUT2D eigenvalue weighted by molar-refractivity contribution is 5.84. The molecule has 0 atom stereocenters. The van der Waals surface area contributed by atoms with Crippen molar-refractivity contribution in [1.82, 2.24) is 24.5 Å². The molecule has 0 aliphatic carbocycles. The van der Waals surface area contributed by atoms with Gasteiger partial charge in [-0.05, 0) is 75.2 Å². The lowest BCUT2D eigenvalue weighted by Crippen LogP contribution is -2.31. The zero-order valence-electron chi connectivity index (χ0n) is 18.9. The molecule has 0 saturated carbocycles. The molecule has 166 valence electrons. The van der Waals surface area contributed by atoms with E-state index in [1.54, 1.807) is 0 Å². The van der Waals surface area contributed by atoms with Gasteiger partial charge in [0, 0.05) is 19.6 Å². The van der Waals surface area contributed by atoms with Crippen LogP contribution in [-0.2, 0) is 0 Å². The largest absolute Gasteiger partial charge is 0.494 e. The average molecular weight is 431 g/mol. The summed E-state index contributed by atoms with van der Waals surface area (Å²) >= 11 is 0. The number of anilines is 1. The topological polar surface area (TPSA) is 58.8 Å². The summed E-state index contributed by atoms with van der Waals surface area (Å²) in [5.74, 6) is 1.83. The third-order valence-electron chi connectivity index (χ3n) is 6.05. The molecule has 0 bridgehead atoms. The second-order valence-corrected chi connectivity index (χ2v) is 8.73. The molecule has 7 heteroatoms. The SMILES string of the molecule is CN(C)CCCOc1ccc(-c2ccc3ncc4nnc(N5CCCCC5)n4c3c2)cc1. The highest BCUT2D eigenvalue weighted by Crippen LogP contribution is 2.28. The van der Waals surface area contributed by atoms with Crippen molar-refractivity contribution in [2.75, 3.05) is 45.2 Å². The Balaban J connectivity index is 1.43. The molecule has 32 heavy (non-hydrogen) atoms. The first-order valence-corrected chi connectivity index (χ1v) is 11.5. The van der Waals surface area contributed by atoms with Crippen molar-refractivity contribution < 1.29 is 4.74 Å². The second kappa shape index (κ2) is 9.12. The Morgan fingerprint density at radius 3 is 2.50 bits per heavy atom. The van der Waals surface area contributed by atoms with Crippen LogP contribution in [0.15, 0.2) is 48.7 Å². The van der Waals surface area contributed by atoms with Gasteiger partial charge in [0.25, 0.3) is 0 Å². The third-order valence-corrected chi connectivity index (χ3v) is 6.05. The zero-order valence-corrected chi connectivity index (χ0v) is 18.9. The van der Waals surface area contributed by atoms with Crippen LogP contribution in [0.3, 0.4) is 0 Å². The first-order chi connectivity index (χ1) is 15.7. The monoisotopic (exact) mass is 430 g/mol. The molecular formula is C25H30N6O. The van der Waals surface area contributed by atoms with E-state index in [0.717, 1.165) is 72.2 Å². The van der Waals surface area contributed by atoms with E-state index in [9.17, 15) is 0 Å². The Morgan fingerprint density at radius 1 is 0.938 bits per heavy atom. The fraction of sp³-hybridized carbons (Fsp3) is 0.400. The number of fused-ring (bicyclic) bond motifs is 3. The minimum Gasteiger partial charge on any atom is -0.494 e. The van der Waals surface area contributed by atoms with Crippen molar-refractivity contribution in [1.29, 1.82) is 0 Å². The van der Waals surface area contributed by atoms with Crippen LogP contribution in [0.25, 0.3) is 27.8 Å². The normalized spacial score (nSPS) is 14.5. The number of hydrogen-bond acceptors (Lipinski definition) is 6. The van der Waals surface area contributed by atoms with Gasteiger partial charge in [0.1, 0.15) is 5.75 Å². The van der Waals surface area contributed by atoms with E-state index in [0.29, 0.717) is 0 Å². The lowest BCUT2D eigenvalue weighted by molar-refractivity contribution is 0.281. The number of aromatic nitrogens is 4. The molecule has 3 heterocycles. The van der Waals surface area contributed by atoms with E-state index < -0.39 is 0 Å². The lowest BCUT2D eigenvalue weighted by atomic mass is 10.0. The molecule has 0 amide bonds. The molecule has 0 spiro atoms. The van der Waals surface area contributed by atoms with Gasteiger partial charge >= 0.3 is 0 Å². The number of rotatable bonds is 7. The van der Waals surface area contributed by atoms with E-state index in [-0.39, 0.29) is 0 Å². The third kappa shape index (κ3) is 4.25. The molecule has 4 aromatic rings. The molecule has 0 radical (unpaired) electrons. The van der Waals surface area contributed by atoms with Gasteiger partial charge in [0.15, 0.2) is 5.65 Å². The van der Waals surface area contributed by atoms with Gasteiger partial charge in [0.2, 0.25) is 5.95 Å². The summed E-state index contributed by atoms with van der Waals surface area (Å²) in [7, 11) is 4.16. The van der Waals surface area contributed by atoms with E-state index >= 15 is 0 Å². The smallest absolute Gasteiger partial charge is 0.232 e. The zero-order chi connectivity index (χ0) is 21.9. The van der Waals surface area contributed by atoms with Gasteiger partial charge in [0.05, 0.1) is 23.8 Å². The standard InChI is InChI=1S/C25H30N6O/c1-29(2)13-6-16-32-21-10-7-19(8-11-21)20-9-12-22-23(17-20)31-24(18-26-22)27-28-25(31)30-14-4-3-5-15-30/h7-12,17-18H,3-6,13-16H2,1-2H3. The summed E-state index contributed by atoms with van der Waals surface area (Å²) in [5, 5.41) is 8.90. The Bertz CT molecular complexity index is 1190. The minimum absolute atomic E-state index is 0.726. The number of ether oxygens (including phenoxy) is 1.